The Morgan fingerprint density at radius 2 is 1.85 bits per heavy atom. The van der Waals surface area contributed by atoms with E-state index in [9.17, 15) is 0 Å². The lowest BCUT2D eigenvalue weighted by molar-refractivity contribution is 0.845. The van der Waals surface area contributed by atoms with Crippen LogP contribution < -0.4 is 5.73 Å². The molecule has 0 saturated carbocycles. The number of benzene rings is 2. The van der Waals surface area contributed by atoms with Crippen molar-refractivity contribution in [3.63, 3.8) is 0 Å². The van der Waals surface area contributed by atoms with Gasteiger partial charge in [-0.15, -0.1) is 0 Å². The fourth-order valence-corrected chi connectivity index (χ4v) is 2.80. The van der Waals surface area contributed by atoms with Crippen molar-refractivity contribution in [2.75, 3.05) is 0 Å². The van der Waals surface area contributed by atoms with E-state index in [1.165, 1.54) is 16.7 Å². The second-order valence-electron chi connectivity index (χ2n) is 4.89. The average molecular weight is 353 g/mol. The molecular weight excluding hydrogens is 334 g/mol. The minimum absolute atomic E-state index is 0.137. The van der Waals surface area contributed by atoms with Gasteiger partial charge in [-0.1, -0.05) is 49.7 Å². The van der Waals surface area contributed by atoms with E-state index >= 15 is 0 Å². The Kier molecular flexibility index (Phi) is 5.25. The lowest BCUT2D eigenvalue weighted by atomic mass is 9.92. The van der Waals surface area contributed by atoms with Gasteiger partial charge < -0.3 is 5.73 Å². The zero-order valence-corrected chi connectivity index (χ0v) is 14.1. The third-order valence-corrected chi connectivity index (χ3v) is 4.87. The lowest BCUT2D eigenvalue weighted by Crippen LogP contribution is -2.14. The first-order valence-corrected chi connectivity index (χ1v) is 8.06. The molecule has 0 saturated heterocycles. The topological polar surface area (TPSA) is 26.0 Å². The Labute approximate surface area is 134 Å². The number of halogens is 2. The molecule has 1 atom stereocenters. The van der Waals surface area contributed by atoms with Crippen LogP contribution in [0.3, 0.4) is 0 Å². The van der Waals surface area contributed by atoms with Crippen molar-refractivity contribution < 1.29 is 0 Å². The highest BCUT2D eigenvalue weighted by Gasteiger charge is 2.14. The van der Waals surface area contributed by atoms with Crippen LogP contribution in [-0.2, 0) is 12.8 Å². The van der Waals surface area contributed by atoms with E-state index in [2.05, 4.69) is 48.0 Å². The highest BCUT2D eigenvalue weighted by atomic mass is 79.9. The summed E-state index contributed by atoms with van der Waals surface area (Å²) in [6.45, 7) is 4.32. The van der Waals surface area contributed by atoms with Crippen LogP contribution in [0.4, 0.5) is 0 Å². The molecule has 0 fully saturated rings. The van der Waals surface area contributed by atoms with Gasteiger partial charge in [-0.05, 0) is 63.2 Å². The van der Waals surface area contributed by atoms with Crippen molar-refractivity contribution in [2.24, 2.45) is 5.73 Å². The average Bonchev–Trinajstić information content (AvgIpc) is 2.48. The number of rotatable bonds is 4. The molecule has 0 aliphatic carbocycles. The summed E-state index contributed by atoms with van der Waals surface area (Å²) in [4.78, 5) is 0. The Bertz CT molecular complexity index is 610. The molecule has 106 valence electrons. The first-order chi connectivity index (χ1) is 9.56. The van der Waals surface area contributed by atoms with E-state index in [0.29, 0.717) is 5.02 Å². The van der Waals surface area contributed by atoms with Crippen molar-refractivity contribution in [3.05, 3.63) is 68.1 Å². The predicted molar refractivity (Wildman–Crippen MR) is 90.4 cm³/mol. The molecule has 1 nitrogen and oxygen atoms in total. The van der Waals surface area contributed by atoms with Crippen LogP contribution in [0.2, 0.25) is 5.02 Å². The van der Waals surface area contributed by atoms with Crippen molar-refractivity contribution >= 4 is 27.5 Å². The molecule has 2 aromatic carbocycles. The largest absolute Gasteiger partial charge is 0.320 e. The Hall–Kier alpha value is -0.830. The quantitative estimate of drug-likeness (QED) is 0.796. The molecule has 20 heavy (non-hydrogen) atoms. The smallest absolute Gasteiger partial charge is 0.0555 e. The predicted octanol–water partition coefficient (Wildman–Crippen LogP) is 5.28. The van der Waals surface area contributed by atoms with Crippen LogP contribution in [0.5, 0.6) is 0 Å². The van der Waals surface area contributed by atoms with E-state index in [1.54, 1.807) is 0 Å². The molecule has 0 aliphatic heterocycles. The Morgan fingerprint density at radius 3 is 2.45 bits per heavy atom. The van der Waals surface area contributed by atoms with Crippen LogP contribution >= 0.6 is 27.5 Å². The Morgan fingerprint density at radius 1 is 1.10 bits per heavy atom. The minimum Gasteiger partial charge on any atom is -0.320 e. The normalized spacial score (nSPS) is 12.4. The highest BCUT2D eigenvalue weighted by molar-refractivity contribution is 9.10. The second-order valence-corrected chi connectivity index (χ2v) is 6.15. The third kappa shape index (κ3) is 3.25. The van der Waals surface area contributed by atoms with Crippen LogP contribution in [0.25, 0.3) is 0 Å². The molecule has 1 unspecified atom stereocenters. The Balaban J connectivity index is 2.45. The van der Waals surface area contributed by atoms with Gasteiger partial charge in [0.2, 0.25) is 0 Å². The van der Waals surface area contributed by atoms with Gasteiger partial charge in [0.05, 0.1) is 11.1 Å². The van der Waals surface area contributed by atoms with Crippen LogP contribution in [-0.4, -0.2) is 0 Å². The van der Waals surface area contributed by atoms with Gasteiger partial charge in [-0.25, -0.2) is 0 Å². The van der Waals surface area contributed by atoms with Crippen molar-refractivity contribution in [2.45, 2.75) is 32.7 Å². The summed E-state index contributed by atoms with van der Waals surface area (Å²) in [5.74, 6) is 0. The maximum atomic E-state index is 6.46. The monoisotopic (exact) mass is 351 g/mol. The standard InChI is InChI=1S/C17H19BrClN/c1-3-11-5-6-12(4-2)14(9-11)17(20)13-7-8-15(18)16(19)10-13/h5-10,17H,3-4,20H2,1-2H3. The number of hydrogen-bond donors (Lipinski definition) is 1. The van der Waals surface area contributed by atoms with E-state index < -0.39 is 0 Å². The van der Waals surface area contributed by atoms with Gasteiger partial charge in [-0.3, -0.25) is 0 Å². The summed E-state index contributed by atoms with van der Waals surface area (Å²) in [7, 11) is 0. The zero-order valence-electron chi connectivity index (χ0n) is 11.8. The molecule has 0 spiro atoms. The van der Waals surface area contributed by atoms with Gasteiger partial charge >= 0.3 is 0 Å². The maximum Gasteiger partial charge on any atom is 0.0555 e. The lowest BCUT2D eigenvalue weighted by Gasteiger charge is -2.18. The van der Waals surface area contributed by atoms with Gasteiger partial charge in [-0.2, -0.15) is 0 Å². The molecule has 3 heteroatoms. The molecule has 2 aromatic rings. The first-order valence-electron chi connectivity index (χ1n) is 6.89. The first kappa shape index (κ1) is 15.6. The SMILES string of the molecule is CCc1ccc(CC)c(C(N)c2ccc(Br)c(Cl)c2)c1. The summed E-state index contributed by atoms with van der Waals surface area (Å²) < 4.78 is 0.896. The highest BCUT2D eigenvalue weighted by Crippen LogP contribution is 2.30. The molecule has 0 aromatic heterocycles. The summed E-state index contributed by atoms with van der Waals surface area (Å²) >= 11 is 9.59. The van der Waals surface area contributed by atoms with Crippen LogP contribution in [0.15, 0.2) is 40.9 Å². The molecule has 0 amide bonds. The summed E-state index contributed by atoms with van der Waals surface area (Å²) in [5, 5.41) is 0.697. The number of hydrogen-bond acceptors (Lipinski definition) is 1. The van der Waals surface area contributed by atoms with E-state index in [1.807, 2.05) is 18.2 Å². The number of nitrogens with two attached hydrogens (primary N) is 1. The van der Waals surface area contributed by atoms with Gasteiger partial charge in [0.25, 0.3) is 0 Å². The molecule has 0 bridgehead atoms. The second kappa shape index (κ2) is 6.75. The summed E-state index contributed by atoms with van der Waals surface area (Å²) in [6, 6.07) is 12.4. The van der Waals surface area contributed by atoms with Crippen LogP contribution in [0.1, 0.15) is 42.1 Å². The zero-order chi connectivity index (χ0) is 14.7. The van der Waals surface area contributed by atoms with Gasteiger partial charge in [0, 0.05) is 4.47 Å². The van der Waals surface area contributed by atoms with Gasteiger partial charge in [0.15, 0.2) is 0 Å². The minimum atomic E-state index is -0.137. The van der Waals surface area contributed by atoms with E-state index in [0.717, 1.165) is 22.9 Å². The molecule has 2 N–H and O–H groups in total. The molecule has 0 heterocycles. The maximum absolute atomic E-state index is 6.46. The van der Waals surface area contributed by atoms with E-state index in [-0.39, 0.29) is 6.04 Å². The van der Waals surface area contributed by atoms with Crippen LogP contribution in [0, 0.1) is 0 Å². The van der Waals surface area contributed by atoms with E-state index in [4.69, 9.17) is 17.3 Å². The summed E-state index contributed by atoms with van der Waals surface area (Å²) in [6.07, 6.45) is 2.00. The molecule has 0 radical (unpaired) electrons. The fourth-order valence-electron chi connectivity index (χ4n) is 2.36. The van der Waals surface area contributed by atoms with Crippen molar-refractivity contribution in [3.8, 4) is 0 Å². The molecule has 2 rings (SSSR count). The van der Waals surface area contributed by atoms with Crippen molar-refractivity contribution in [1.29, 1.82) is 0 Å². The molecular formula is C17H19BrClN. The third-order valence-electron chi connectivity index (χ3n) is 3.64. The fraction of sp³-hybridized carbons (Fsp3) is 0.294. The molecule has 0 aliphatic rings. The summed E-state index contributed by atoms with van der Waals surface area (Å²) in [5.41, 5.74) is 11.3. The number of aryl methyl sites for hydroxylation is 2. The van der Waals surface area contributed by atoms with Gasteiger partial charge in [0.1, 0.15) is 0 Å². The van der Waals surface area contributed by atoms with Crippen molar-refractivity contribution in [1.82, 2.24) is 0 Å².